The van der Waals surface area contributed by atoms with Gasteiger partial charge in [0.25, 0.3) is 0 Å². The lowest BCUT2D eigenvalue weighted by Crippen LogP contribution is -2.16. The molecule has 0 fully saturated rings. The average Bonchev–Trinajstić information content (AvgIpc) is 2.37. The normalized spacial score (nSPS) is 12.3. The predicted molar refractivity (Wildman–Crippen MR) is 79.9 cm³/mol. The van der Waals surface area contributed by atoms with Gasteiger partial charge in [0.1, 0.15) is 0 Å². The summed E-state index contributed by atoms with van der Waals surface area (Å²) in [7, 11) is 1.35. The molecule has 0 saturated carbocycles. The van der Waals surface area contributed by atoms with E-state index in [4.69, 9.17) is 16.3 Å². The molecule has 3 nitrogen and oxygen atoms in total. The molecule has 0 heterocycles. The molecule has 0 saturated heterocycles. The van der Waals surface area contributed by atoms with Gasteiger partial charge in [-0.3, -0.25) is 0 Å². The Bertz CT molecular complexity index is 432. The van der Waals surface area contributed by atoms with Crippen LogP contribution in [-0.4, -0.2) is 19.1 Å². The maximum atomic E-state index is 11.6. The molecular formula is C15H22ClNO2. The third-order valence-corrected chi connectivity index (χ3v) is 3.29. The second-order valence-corrected chi connectivity index (χ2v) is 5.61. The number of carbonyl (C=O) groups is 1. The minimum Gasteiger partial charge on any atom is -0.465 e. The van der Waals surface area contributed by atoms with Crippen LogP contribution in [0.3, 0.4) is 0 Å². The Morgan fingerprint density at radius 1 is 1.32 bits per heavy atom. The minimum absolute atomic E-state index is 0.356. The van der Waals surface area contributed by atoms with Crippen LogP contribution in [0, 0.1) is 5.92 Å². The minimum atomic E-state index is -0.413. The van der Waals surface area contributed by atoms with Crippen molar-refractivity contribution in [3.63, 3.8) is 0 Å². The van der Waals surface area contributed by atoms with Gasteiger partial charge in [0, 0.05) is 11.7 Å². The van der Waals surface area contributed by atoms with Crippen LogP contribution >= 0.6 is 11.6 Å². The number of benzene rings is 1. The Balaban J connectivity index is 2.71. The fourth-order valence-electron chi connectivity index (χ4n) is 1.82. The van der Waals surface area contributed by atoms with Crippen LogP contribution in [-0.2, 0) is 4.74 Å². The number of ether oxygens (including phenoxy) is 1. The Kier molecular flexibility index (Phi) is 6.16. The van der Waals surface area contributed by atoms with Gasteiger partial charge in [0.05, 0.1) is 17.7 Å². The highest BCUT2D eigenvalue weighted by molar-refractivity contribution is 6.33. The van der Waals surface area contributed by atoms with Gasteiger partial charge in [0.15, 0.2) is 0 Å². The summed E-state index contributed by atoms with van der Waals surface area (Å²) < 4.78 is 4.70. The highest BCUT2D eigenvalue weighted by Gasteiger charge is 2.12. The van der Waals surface area contributed by atoms with E-state index in [1.807, 2.05) is 6.07 Å². The number of nitrogens with one attached hydrogen (secondary N) is 1. The Hall–Kier alpha value is -1.22. The van der Waals surface area contributed by atoms with E-state index in [9.17, 15) is 4.79 Å². The van der Waals surface area contributed by atoms with Crippen LogP contribution in [0.5, 0.6) is 0 Å². The summed E-state index contributed by atoms with van der Waals surface area (Å²) in [5.41, 5.74) is 1.28. The van der Waals surface area contributed by atoms with Gasteiger partial charge in [-0.05, 0) is 43.9 Å². The molecule has 1 aromatic rings. The molecular weight excluding hydrogens is 262 g/mol. The molecule has 0 spiro atoms. The molecule has 0 bridgehead atoms. The van der Waals surface area contributed by atoms with E-state index in [-0.39, 0.29) is 0 Å². The van der Waals surface area contributed by atoms with Gasteiger partial charge in [-0.15, -0.1) is 0 Å². The first-order valence-electron chi connectivity index (χ1n) is 6.58. The molecule has 4 heteroatoms. The molecule has 106 valence electrons. The summed E-state index contributed by atoms with van der Waals surface area (Å²) in [4.78, 5) is 11.6. The summed E-state index contributed by atoms with van der Waals surface area (Å²) >= 11 is 5.98. The lowest BCUT2D eigenvalue weighted by atomic mass is 10.0. The van der Waals surface area contributed by atoms with E-state index in [1.54, 1.807) is 12.1 Å². The Morgan fingerprint density at radius 2 is 2.00 bits per heavy atom. The molecule has 0 radical (unpaired) electrons. The quantitative estimate of drug-likeness (QED) is 0.788. The maximum Gasteiger partial charge on any atom is 0.339 e. The van der Waals surface area contributed by atoms with Crippen LogP contribution in [0.2, 0.25) is 5.02 Å². The molecule has 1 rings (SSSR count). The number of hydrogen-bond donors (Lipinski definition) is 1. The number of methoxy groups -OCH3 is 1. The SMILES string of the molecule is COC(=O)c1cc(NC(C)CCC(C)C)ccc1Cl. The van der Waals surface area contributed by atoms with Gasteiger partial charge in [0.2, 0.25) is 0 Å². The topological polar surface area (TPSA) is 38.3 Å². The Labute approximate surface area is 120 Å². The molecule has 0 aliphatic heterocycles. The third kappa shape index (κ3) is 5.11. The average molecular weight is 284 g/mol. The number of hydrogen-bond acceptors (Lipinski definition) is 3. The summed E-state index contributed by atoms with van der Waals surface area (Å²) in [6.07, 6.45) is 2.26. The van der Waals surface area contributed by atoms with Crippen LogP contribution in [0.4, 0.5) is 5.69 Å². The van der Waals surface area contributed by atoms with E-state index in [1.165, 1.54) is 13.5 Å². The smallest absolute Gasteiger partial charge is 0.339 e. The van der Waals surface area contributed by atoms with Gasteiger partial charge >= 0.3 is 5.97 Å². The van der Waals surface area contributed by atoms with Gasteiger partial charge in [-0.1, -0.05) is 25.4 Å². The number of carbonyl (C=O) groups excluding carboxylic acids is 1. The van der Waals surface area contributed by atoms with Crippen LogP contribution < -0.4 is 5.32 Å². The molecule has 0 aliphatic rings. The van der Waals surface area contributed by atoms with E-state index in [0.717, 1.165) is 12.1 Å². The van der Waals surface area contributed by atoms with Crippen molar-refractivity contribution in [2.24, 2.45) is 5.92 Å². The van der Waals surface area contributed by atoms with Gasteiger partial charge in [-0.25, -0.2) is 4.79 Å². The first-order valence-corrected chi connectivity index (χ1v) is 6.96. The Morgan fingerprint density at radius 3 is 2.58 bits per heavy atom. The zero-order valence-electron chi connectivity index (χ0n) is 12.0. The van der Waals surface area contributed by atoms with Crippen molar-refractivity contribution in [1.82, 2.24) is 0 Å². The van der Waals surface area contributed by atoms with E-state index in [2.05, 4.69) is 26.1 Å². The van der Waals surface area contributed by atoms with Crippen LogP contribution in [0.25, 0.3) is 0 Å². The molecule has 0 aliphatic carbocycles. The highest BCUT2D eigenvalue weighted by atomic mass is 35.5. The number of halogens is 1. The molecule has 1 atom stereocenters. The molecule has 1 unspecified atom stereocenters. The zero-order chi connectivity index (χ0) is 14.4. The number of rotatable bonds is 6. The molecule has 1 N–H and O–H groups in total. The van der Waals surface area contributed by atoms with Gasteiger partial charge < -0.3 is 10.1 Å². The van der Waals surface area contributed by atoms with Crippen molar-refractivity contribution in [1.29, 1.82) is 0 Å². The van der Waals surface area contributed by atoms with Crippen molar-refractivity contribution >= 4 is 23.3 Å². The second-order valence-electron chi connectivity index (χ2n) is 5.20. The van der Waals surface area contributed by atoms with E-state index < -0.39 is 5.97 Å². The van der Waals surface area contributed by atoms with Crippen molar-refractivity contribution in [2.75, 3.05) is 12.4 Å². The first-order chi connectivity index (χ1) is 8.93. The molecule has 19 heavy (non-hydrogen) atoms. The largest absolute Gasteiger partial charge is 0.465 e. The van der Waals surface area contributed by atoms with Crippen LogP contribution in [0.15, 0.2) is 18.2 Å². The first kappa shape index (κ1) is 15.8. The second kappa shape index (κ2) is 7.39. The van der Waals surface area contributed by atoms with E-state index >= 15 is 0 Å². The summed E-state index contributed by atoms with van der Waals surface area (Å²) in [6, 6.07) is 5.68. The number of esters is 1. The maximum absolute atomic E-state index is 11.6. The lowest BCUT2D eigenvalue weighted by Gasteiger charge is -2.17. The highest BCUT2D eigenvalue weighted by Crippen LogP contribution is 2.22. The fourth-order valence-corrected chi connectivity index (χ4v) is 2.02. The zero-order valence-corrected chi connectivity index (χ0v) is 12.8. The van der Waals surface area contributed by atoms with Crippen molar-refractivity contribution in [2.45, 2.75) is 39.7 Å². The standard InChI is InChI=1S/C15H22ClNO2/c1-10(2)5-6-11(3)17-12-7-8-14(16)13(9-12)15(18)19-4/h7-11,17H,5-6H2,1-4H3. The van der Waals surface area contributed by atoms with E-state index in [0.29, 0.717) is 22.5 Å². The van der Waals surface area contributed by atoms with Crippen LogP contribution in [0.1, 0.15) is 44.0 Å². The fraction of sp³-hybridized carbons (Fsp3) is 0.533. The molecule has 0 amide bonds. The number of anilines is 1. The summed E-state index contributed by atoms with van der Waals surface area (Å²) in [5, 5.41) is 3.79. The van der Waals surface area contributed by atoms with Gasteiger partial charge in [-0.2, -0.15) is 0 Å². The monoisotopic (exact) mass is 283 g/mol. The van der Waals surface area contributed by atoms with Crippen molar-refractivity contribution in [3.8, 4) is 0 Å². The third-order valence-electron chi connectivity index (χ3n) is 2.96. The summed E-state index contributed by atoms with van der Waals surface area (Å²) in [5.74, 6) is 0.281. The van der Waals surface area contributed by atoms with Crippen molar-refractivity contribution in [3.05, 3.63) is 28.8 Å². The van der Waals surface area contributed by atoms with Crippen molar-refractivity contribution < 1.29 is 9.53 Å². The molecule has 0 aromatic heterocycles. The summed E-state index contributed by atoms with van der Waals surface area (Å²) in [6.45, 7) is 6.56. The lowest BCUT2D eigenvalue weighted by molar-refractivity contribution is 0.0601. The molecule has 1 aromatic carbocycles. The predicted octanol–water partition coefficient (Wildman–Crippen LogP) is 4.36.